The van der Waals surface area contributed by atoms with Gasteiger partial charge >= 0.3 is 0 Å². The van der Waals surface area contributed by atoms with Crippen molar-refractivity contribution in [3.8, 4) is 0 Å². The minimum absolute atomic E-state index is 0.0406. The van der Waals surface area contributed by atoms with Gasteiger partial charge in [-0.15, -0.1) is 0 Å². The first kappa shape index (κ1) is 18.3. The van der Waals surface area contributed by atoms with Gasteiger partial charge in [0.15, 0.2) is 0 Å². The van der Waals surface area contributed by atoms with Crippen molar-refractivity contribution in [3.63, 3.8) is 0 Å². The highest BCUT2D eigenvalue weighted by Crippen LogP contribution is 2.31. The minimum atomic E-state index is -3.56. The van der Waals surface area contributed by atoms with Gasteiger partial charge in [-0.25, -0.2) is 8.42 Å². The summed E-state index contributed by atoms with van der Waals surface area (Å²) in [7, 11) is -3.56. The van der Waals surface area contributed by atoms with Gasteiger partial charge in [0.2, 0.25) is 15.9 Å². The number of fused-ring (bicyclic) bond motifs is 1. The Hall–Kier alpha value is -2.12. The van der Waals surface area contributed by atoms with Crippen molar-refractivity contribution >= 4 is 15.9 Å². The third-order valence-corrected chi connectivity index (χ3v) is 7.38. The van der Waals surface area contributed by atoms with Crippen molar-refractivity contribution in [1.29, 1.82) is 0 Å². The number of benzene rings is 1. The van der Waals surface area contributed by atoms with Crippen LogP contribution in [-0.4, -0.2) is 31.7 Å². The number of rotatable bonds is 4. The third kappa shape index (κ3) is 3.66. The molecule has 2 aliphatic rings. The molecule has 1 amide bonds. The fourth-order valence-corrected chi connectivity index (χ4v) is 5.59. The first-order valence-electron chi connectivity index (χ1n) is 9.47. The molecule has 2 aromatic rings. The molecule has 1 saturated heterocycles. The Morgan fingerprint density at radius 1 is 1.11 bits per heavy atom. The van der Waals surface area contributed by atoms with Gasteiger partial charge in [-0.3, -0.25) is 4.79 Å². The average molecular weight is 388 g/mol. The molecule has 1 N–H and O–H groups in total. The van der Waals surface area contributed by atoms with E-state index in [1.807, 2.05) is 6.07 Å². The van der Waals surface area contributed by atoms with Crippen LogP contribution in [0.4, 0.5) is 0 Å². The van der Waals surface area contributed by atoms with Crippen LogP contribution in [0.3, 0.4) is 0 Å². The van der Waals surface area contributed by atoms with Crippen LogP contribution in [0, 0.1) is 5.92 Å². The first-order valence-corrected chi connectivity index (χ1v) is 10.9. The lowest BCUT2D eigenvalue weighted by molar-refractivity contribution is -0.127. The largest absolute Gasteiger partial charge is 0.469 e. The molecule has 1 aromatic heterocycles. The number of carbonyl (C=O) groups is 1. The third-order valence-electron chi connectivity index (χ3n) is 5.50. The number of furan rings is 1. The molecule has 0 bridgehead atoms. The highest BCUT2D eigenvalue weighted by molar-refractivity contribution is 7.89. The Kier molecular flexibility index (Phi) is 5.06. The van der Waals surface area contributed by atoms with Crippen LogP contribution in [0.5, 0.6) is 0 Å². The van der Waals surface area contributed by atoms with E-state index in [1.165, 1.54) is 4.31 Å². The molecule has 0 radical (unpaired) electrons. The summed E-state index contributed by atoms with van der Waals surface area (Å²) in [6.07, 6.45) is 5.83. The second-order valence-electron chi connectivity index (χ2n) is 7.27. The fourth-order valence-electron chi connectivity index (χ4n) is 4.04. The molecule has 144 valence electrons. The van der Waals surface area contributed by atoms with Crippen LogP contribution in [-0.2, 0) is 21.2 Å². The van der Waals surface area contributed by atoms with Crippen molar-refractivity contribution < 1.29 is 17.6 Å². The van der Waals surface area contributed by atoms with E-state index in [4.69, 9.17) is 4.42 Å². The number of carbonyl (C=O) groups excluding carboxylic acids is 1. The van der Waals surface area contributed by atoms with Gasteiger partial charge in [-0.2, -0.15) is 4.31 Å². The molecule has 1 aromatic carbocycles. The predicted octanol–water partition coefficient (Wildman–Crippen LogP) is 2.87. The zero-order valence-corrected chi connectivity index (χ0v) is 16.0. The van der Waals surface area contributed by atoms with Gasteiger partial charge in [-0.05, 0) is 43.9 Å². The molecular weight excluding hydrogens is 364 g/mol. The van der Waals surface area contributed by atoms with Crippen LogP contribution >= 0.6 is 0 Å². The fraction of sp³-hybridized carbons (Fsp3) is 0.450. The molecule has 0 saturated carbocycles. The molecule has 7 heteroatoms. The summed E-state index contributed by atoms with van der Waals surface area (Å²) >= 11 is 0. The topological polar surface area (TPSA) is 79.6 Å². The van der Waals surface area contributed by atoms with Crippen molar-refractivity contribution in [2.75, 3.05) is 13.1 Å². The highest BCUT2D eigenvalue weighted by atomic mass is 32.2. The standard InChI is InChI=1S/C20H24N2O4S/c23-20(21-18-9-4-10-19-17(18)11-13-26-19)15-6-5-12-22(14-15)27(24,25)16-7-2-1-3-8-16/h1-3,7-8,11,13,15,18H,4-6,9-10,12,14H2,(H,21,23)/t15-,18+/m1/s1. The van der Waals surface area contributed by atoms with Crippen LogP contribution in [0.1, 0.15) is 43.0 Å². The van der Waals surface area contributed by atoms with E-state index in [2.05, 4.69) is 5.32 Å². The number of nitrogens with one attached hydrogen (secondary N) is 1. The van der Waals surface area contributed by atoms with Crippen molar-refractivity contribution in [3.05, 3.63) is 54.0 Å². The minimum Gasteiger partial charge on any atom is -0.469 e. The van der Waals surface area contributed by atoms with Crippen LogP contribution < -0.4 is 5.32 Å². The van der Waals surface area contributed by atoms with Gasteiger partial charge in [0.25, 0.3) is 0 Å². The van der Waals surface area contributed by atoms with Crippen molar-refractivity contribution in [1.82, 2.24) is 9.62 Å². The first-order chi connectivity index (χ1) is 13.1. The van der Waals surface area contributed by atoms with Gasteiger partial charge in [0.05, 0.1) is 23.1 Å². The Bertz CT molecular complexity index is 907. The summed E-state index contributed by atoms with van der Waals surface area (Å²) in [5, 5.41) is 3.12. The predicted molar refractivity (Wildman–Crippen MR) is 100 cm³/mol. The molecule has 1 fully saturated rings. The second-order valence-corrected chi connectivity index (χ2v) is 9.21. The summed E-state index contributed by atoms with van der Waals surface area (Å²) in [4.78, 5) is 13.1. The molecule has 2 atom stereocenters. The van der Waals surface area contributed by atoms with E-state index in [1.54, 1.807) is 36.6 Å². The molecule has 6 nitrogen and oxygen atoms in total. The van der Waals surface area contributed by atoms with Crippen molar-refractivity contribution in [2.24, 2.45) is 5.92 Å². The quantitative estimate of drug-likeness (QED) is 0.873. The average Bonchev–Trinajstić information content (AvgIpc) is 3.19. The number of amides is 1. The maximum absolute atomic E-state index is 12.9. The summed E-state index contributed by atoms with van der Waals surface area (Å²) in [5.74, 6) is 0.556. The van der Waals surface area contributed by atoms with Crippen LogP contribution in [0.25, 0.3) is 0 Å². The zero-order chi connectivity index (χ0) is 18.9. The summed E-state index contributed by atoms with van der Waals surface area (Å²) in [6, 6.07) is 10.3. The summed E-state index contributed by atoms with van der Waals surface area (Å²) in [6.45, 7) is 0.685. The summed E-state index contributed by atoms with van der Waals surface area (Å²) in [5.41, 5.74) is 1.05. The van der Waals surface area contributed by atoms with Crippen LogP contribution in [0.15, 0.2) is 52.0 Å². The van der Waals surface area contributed by atoms with E-state index >= 15 is 0 Å². The Balaban J connectivity index is 1.45. The SMILES string of the molecule is O=C(N[C@H]1CCCc2occc21)[C@@H]1CCCN(S(=O)(=O)c2ccccc2)C1. The number of hydrogen-bond donors (Lipinski definition) is 1. The van der Waals surface area contributed by atoms with E-state index in [0.29, 0.717) is 19.4 Å². The molecule has 1 aliphatic heterocycles. The van der Waals surface area contributed by atoms with Gasteiger partial charge < -0.3 is 9.73 Å². The lowest BCUT2D eigenvalue weighted by Gasteiger charge is -2.32. The molecule has 1 aliphatic carbocycles. The number of aryl methyl sites for hydroxylation is 1. The van der Waals surface area contributed by atoms with Crippen molar-refractivity contribution in [2.45, 2.75) is 43.0 Å². The Morgan fingerprint density at radius 2 is 1.93 bits per heavy atom. The monoisotopic (exact) mass is 388 g/mol. The van der Waals surface area contributed by atoms with Gasteiger partial charge in [-0.1, -0.05) is 18.2 Å². The Labute approximate surface area is 159 Å². The number of piperidine rings is 1. The second kappa shape index (κ2) is 7.48. The molecule has 0 spiro atoms. The molecule has 0 unspecified atom stereocenters. The molecule has 2 heterocycles. The van der Waals surface area contributed by atoms with Gasteiger partial charge in [0, 0.05) is 25.1 Å². The lowest BCUT2D eigenvalue weighted by atomic mass is 9.92. The summed E-state index contributed by atoms with van der Waals surface area (Å²) < 4.78 is 32.6. The smallest absolute Gasteiger partial charge is 0.243 e. The molecular formula is C20H24N2O4S. The van der Waals surface area contributed by atoms with Crippen LogP contribution in [0.2, 0.25) is 0 Å². The number of nitrogens with zero attached hydrogens (tertiary/aromatic N) is 1. The number of sulfonamides is 1. The highest BCUT2D eigenvalue weighted by Gasteiger charge is 2.34. The molecule has 27 heavy (non-hydrogen) atoms. The lowest BCUT2D eigenvalue weighted by Crippen LogP contribution is -2.46. The van der Waals surface area contributed by atoms with E-state index in [-0.39, 0.29) is 29.3 Å². The van der Waals surface area contributed by atoms with E-state index < -0.39 is 10.0 Å². The van der Waals surface area contributed by atoms with E-state index in [0.717, 1.165) is 30.6 Å². The Morgan fingerprint density at radius 3 is 2.74 bits per heavy atom. The zero-order valence-electron chi connectivity index (χ0n) is 15.1. The maximum atomic E-state index is 12.9. The van der Waals surface area contributed by atoms with E-state index in [9.17, 15) is 13.2 Å². The van der Waals surface area contributed by atoms with Gasteiger partial charge in [0.1, 0.15) is 5.76 Å². The maximum Gasteiger partial charge on any atom is 0.243 e. The number of hydrogen-bond acceptors (Lipinski definition) is 4. The normalized spacial score (nSPS) is 23.6. The molecule has 4 rings (SSSR count).